The third kappa shape index (κ3) is 3.61. The minimum absolute atomic E-state index is 0.196. The number of aromatic nitrogens is 2. The molecular formula is C17H18ClF2N3O2. The molecule has 1 aromatic carbocycles. The Kier molecular flexibility index (Phi) is 4.94. The standard InChI is InChI=1S/C17H18ClF2N3O2/c1-9(2)6-23-7-11(16(19)20)14(22-23)17(24)21-13-8-25-15-10(13)4-3-5-12(15)18/h3-5,7,9,13,16H,6,8H2,1-2H3,(H,21,24). The van der Waals surface area contributed by atoms with E-state index in [4.69, 9.17) is 16.3 Å². The van der Waals surface area contributed by atoms with Gasteiger partial charge in [0.15, 0.2) is 5.69 Å². The van der Waals surface area contributed by atoms with E-state index in [0.717, 1.165) is 5.56 Å². The first-order valence-electron chi connectivity index (χ1n) is 7.94. The summed E-state index contributed by atoms with van der Waals surface area (Å²) in [7, 11) is 0. The average Bonchev–Trinajstić information content (AvgIpc) is 3.12. The Labute approximate surface area is 148 Å². The Morgan fingerprint density at radius 1 is 1.48 bits per heavy atom. The molecule has 8 heteroatoms. The van der Waals surface area contributed by atoms with Gasteiger partial charge < -0.3 is 10.1 Å². The molecule has 0 saturated carbocycles. The number of carbonyl (C=O) groups excluding carboxylic acids is 1. The molecule has 0 spiro atoms. The van der Waals surface area contributed by atoms with Crippen LogP contribution in [-0.4, -0.2) is 22.3 Å². The highest BCUT2D eigenvalue weighted by Crippen LogP contribution is 2.38. The first kappa shape index (κ1) is 17.7. The van der Waals surface area contributed by atoms with Crippen LogP contribution in [0.5, 0.6) is 5.75 Å². The molecule has 1 unspecified atom stereocenters. The number of halogens is 3. The van der Waals surface area contributed by atoms with Crippen LogP contribution >= 0.6 is 11.6 Å². The maximum absolute atomic E-state index is 13.3. The van der Waals surface area contributed by atoms with Crippen LogP contribution in [0.15, 0.2) is 24.4 Å². The van der Waals surface area contributed by atoms with Gasteiger partial charge in [0.05, 0.1) is 16.6 Å². The number of benzene rings is 1. The molecule has 134 valence electrons. The number of para-hydroxylation sites is 1. The lowest BCUT2D eigenvalue weighted by atomic mass is 10.1. The summed E-state index contributed by atoms with van der Waals surface area (Å²) in [6.07, 6.45) is -1.54. The van der Waals surface area contributed by atoms with E-state index in [1.165, 1.54) is 10.9 Å². The zero-order chi connectivity index (χ0) is 18.1. The summed E-state index contributed by atoms with van der Waals surface area (Å²) in [5.41, 5.74) is 0.0931. The molecular weight excluding hydrogens is 352 g/mol. The Morgan fingerprint density at radius 2 is 2.24 bits per heavy atom. The molecule has 25 heavy (non-hydrogen) atoms. The average molecular weight is 370 g/mol. The molecule has 0 fully saturated rings. The van der Waals surface area contributed by atoms with Gasteiger partial charge in [0, 0.05) is 18.3 Å². The van der Waals surface area contributed by atoms with Crippen molar-refractivity contribution in [2.45, 2.75) is 32.9 Å². The van der Waals surface area contributed by atoms with Crippen molar-refractivity contribution in [1.29, 1.82) is 0 Å². The number of carbonyl (C=O) groups is 1. The molecule has 2 heterocycles. The van der Waals surface area contributed by atoms with E-state index < -0.39 is 18.4 Å². The maximum atomic E-state index is 13.3. The molecule has 1 aliphatic rings. The fourth-order valence-electron chi connectivity index (χ4n) is 2.80. The third-order valence-corrected chi connectivity index (χ3v) is 4.16. The summed E-state index contributed by atoms with van der Waals surface area (Å²) in [6, 6.07) is 4.76. The van der Waals surface area contributed by atoms with Crippen molar-refractivity contribution in [3.63, 3.8) is 0 Å². The van der Waals surface area contributed by atoms with Crippen LogP contribution in [0.2, 0.25) is 5.02 Å². The van der Waals surface area contributed by atoms with Gasteiger partial charge >= 0.3 is 0 Å². The first-order chi connectivity index (χ1) is 11.9. The van der Waals surface area contributed by atoms with Crippen molar-refractivity contribution in [1.82, 2.24) is 15.1 Å². The van der Waals surface area contributed by atoms with Crippen LogP contribution in [0.1, 0.15) is 47.9 Å². The van der Waals surface area contributed by atoms with E-state index in [0.29, 0.717) is 17.3 Å². The third-order valence-electron chi connectivity index (χ3n) is 3.86. The van der Waals surface area contributed by atoms with Crippen molar-refractivity contribution < 1.29 is 18.3 Å². The van der Waals surface area contributed by atoms with Crippen LogP contribution in [0.4, 0.5) is 8.78 Å². The van der Waals surface area contributed by atoms with Crippen molar-refractivity contribution >= 4 is 17.5 Å². The highest BCUT2D eigenvalue weighted by Gasteiger charge is 2.30. The van der Waals surface area contributed by atoms with Gasteiger partial charge in [-0.15, -0.1) is 0 Å². The molecule has 5 nitrogen and oxygen atoms in total. The fourth-order valence-corrected chi connectivity index (χ4v) is 3.03. The molecule has 1 atom stereocenters. The van der Waals surface area contributed by atoms with E-state index >= 15 is 0 Å². The van der Waals surface area contributed by atoms with Gasteiger partial charge in [-0.25, -0.2) is 8.78 Å². The van der Waals surface area contributed by atoms with E-state index in [1.807, 2.05) is 13.8 Å². The SMILES string of the molecule is CC(C)Cn1cc(C(F)F)c(C(=O)NC2COc3c(Cl)cccc32)n1. The molecule has 0 aliphatic carbocycles. The van der Waals surface area contributed by atoms with E-state index in [1.54, 1.807) is 18.2 Å². The Hall–Kier alpha value is -2.15. The Morgan fingerprint density at radius 3 is 2.92 bits per heavy atom. The van der Waals surface area contributed by atoms with Gasteiger partial charge in [-0.1, -0.05) is 37.6 Å². The molecule has 1 amide bonds. The maximum Gasteiger partial charge on any atom is 0.272 e. The van der Waals surface area contributed by atoms with Crippen LogP contribution < -0.4 is 10.1 Å². The second kappa shape index (κ2) is 7.00. The van der Waals surface area contributed by atoms with Crippen LogP contribution in [0.3, 0.4) is 0 Å². The van der Waals surface area contributed by atoms with Crippen LogP contribution in [-0.2, 0) is 6.54 Å². The van der Waals surface area contributed by atoms with E-state index in [-0.39, 0.29) is 23.8 Å². The molecule has 1 aromatic heterocycles. The second-order valence-electron chi connectivity index (χ2n) is 6.34. The minimum atomic E-state index is -2.77. The highest BCUT2D eigenvalue weighted by molar-refractivity contribution is 6.32. The number of alkyl halides is 2. The van der Waals surface area contributed by atoms with E-state index in [9.17, 15) is 13.6 Å². The molecule has 1 N–H and O–H groups in total. The Balaban J connectivity index is 1.83. The van der Waals surface area contributed by atoms with Crippen molar-refractivity contribution in [3.8, 4) is 5.75 Å². The number of hydrogen-bond acceptors (Lipinski definition) is 3. The highest BCUT2D eigenvalue weighted by atomic mass is 35.5. The molecule has 0 saturated heterocycles. The summed E-state index contributed by atoms with van der Waals surface area (Å²) in [6.45, 7) is 4.54. The zero-order valence-corrected chi connectivity index (χ0v) is 14.6. The second-order valence-corrected chi connectivity index (χ2v) is 6.75. The number of ether oxygens (including phenoxy) is 1. The molecule has 3 rings (SSSR count). The number of rotatable bonds is 5. The van der Waals surface area contributed by atoms with Gasteiger partial charge in [-0.3, -0.25) is 9.48 Å². The van der Waals surface area contributed by atoms with Gasteiger partial charge in [0.1, 0.15) is 12.4 Å². The topological polar surface area (TPSA) is 56.2 Å². The van der Waals surface area contributed by atoms with Crippen molar-refractivity contribution in [3.05, 3.63) is 46.2 Å². The first-order valence-corrected chi connectivity index (χ1v) is 8.32. The lowest BCUT2D eigenvalue weighted by Crippen LogP contribution is -2.30. The molecule has 2 aromatic rings. The quantitative estimate of drug-likeness (QED) is 0.866. The summed E-state index contributed by atoms with van der Waals surface area (Å²) in [5.74, 6) is 0.0757. The monoisotopic (exact) mass is 369 g/mol. The van der Waals surface area contributed by atoms with Crippen LogP contribution in [0.25, 0.3) is 0 Å². The lowest BCUT2D eigenvalue weighted by molar-refractivity contribution is 0.0911. The molecule has 1 aliphatic heterocycles. The van der Waals surface area contributed by atoms with Gasteiger partial charge in [-0.05, 0) is 12.0 Å². The van der Waals surface area contributed by atoms with Crippen LogP contribution in [0, 0.1) is 5.92 Å². The smallest absolute Gasteiger partial charge is 0.272 e. The molecule has 0 radical (unpaired) electrons. The summed E-state index contributed by atoms with van der Waals surface area (Å²) in [4.78, 5) is 12.5. The fraction of sp³-hybridized carbons (Fsp3) is 0.412. The predicted octanol–water partition coefficient (Wildman–Crippen LogP) is 3.99. The van der Waals surface area contributed by atoms with Crippen molar-refractivity contribution in [2.24, 2.45) is 5.92 Å². The number of amides is 1. The predicted molar refractivity (Wildman–Crippen MR) is 89.2 cm³/mol. The normalized spacial score (nSPS) is 16.2. The van der Waals surface area contributed by atoms with E-state index in [2.05, 4.69) is 10.4 Å². The Bertz CT molecular complexity index is 792. The number of hydrogen-bond donors (Lipinski definition) is 1. The van der Waals surface area contributed by atoms with Crippen molar-refractivity contribution in [2.75, 3.05) is 6.61 Å². The van der Waals surface area contributed by atoms with Gasteiger partial charge in [-0.2, -0.15) is 5.10 Å². The van der Waals surface area contributed by atoms with Gasteiger partial charge in [0.2, 0.25) is 0 Å². The number of nitrogens with one attached hydrogen (secondary N) is 1. The number of fused-ring (bicyclic) bond motifs is 1. The summed E-state index contributed by atoms with van der Waals surface area (Å²) >= 11 is 6.05. The summed E-state index contributed by atoms with van der Waals surface area (Å²) in [5, 5.41) is 7.20. The summed E-state index contributed by atoms with van der Waals surface area (Å²) < 4.78 is 33.4. The minimum Gasteiger partial charge on any atom is -0.489 e. The number of nitrogens with zero attached hydrogens (tertiary/aromatic N) is 2. The lowest BCUT2D eigenvalue weighted by Gasteiger charge is -2.11. The van der Waals surface area contributed by atoms with Gasteiger partial charge in [0.25, 0.3) is 12.3 Å². The molecule has 0 bridgehead atoms. The largest absolute Gasteiger partial charge is 0.489 e. The zero-order valence-electron chi connectivity index (χ0n) is 13.8.